The molecule has 2 N–H and O–H groups in total. The Morgan fingerprint density at radius 2 is 2.04 bits per heavy atom. The zero-order valence-corrected chi connectivity index (χ0v) is 13.9. The van der Waals surface area contributed by atoms with Gasteiger partial charge in [-0.1, -0.05) is 26.0 Å². The van der Waals surface area contributed by atoms with Crippen LogP contribution in [0.1, 0.15) is 25.0 Å². The molecule has 0 spiro atoms. The molecule has 0 heterocycles. The molecule has 2 rings (SSSR count). The van der Waals surface area contributed by atoms with Crippen LogP contribution in [0.3, 0.4) is 0 Å². The van der Waals surface area contributed by atoms with E-state index in [4.69, 9.17) is 5.26 Å². The molecule has 2 aromatic rings. The summed E-state index contributed by atoms with van der Waals surface area (Å²) in [5, 5.41) is 25.9. The molecule has 25 heavy (non-hydrogen) atoms. The van der Waals surface area contributed by atoms with Crippen molar-refractivity contribution in [2.24, 2.45) is 5.92 Å². The lowest BCUT2D eigenvalue weighted by Crippen LogP contribution is -2.17. The standard InChI is InChI=1S/C18H18N4O3/c1-12(2)18(23)21-15-5-3-4-13(8-15)11-20-17-7-6-16(22(24)25)9-14(17)10-19/h3-9,12,20H,11H2,1-2H3,(H,21,23). The number of benzene rings is 2. The van der Waals surface area contributed by atoms with Crippen LogP contribution in [0, 0.1) is 27.4 Å². The highest BCUT2D eigenvalue weighted by Crippen LogP contribution is 2.22. The van der Waals surface area contributed by atoms with Gasteiger partial charge in [-0.05, 0) is 23.8 Å². The Morgan fingerprint density at radius 3 is 2.68 bits per heavy atom. The van der Waals surface area contributed by atoms with E-state index < -0.39 is 4.92 Å². The highest BCUT2D eigenvalue weighted by molar-refractivity contribution is 5.92. The van der Waals surface area contributed by atoms with Gasteiger partial charge in [0, 0.05) is 30.3 Å². The number of anilines is 2. The molecule has 0 saturated carbocycles. The van der Waals surface area contributed by atoms with Gasteiger partial charge in [0.1, 0.15) is 6.07 Å². The van der Waals surface area contributed by atoms with E-state index in [1.165, 1.54) is 18.2 Å². The lowest BCUT2D eigenvalue weighted by molar-refractivity contribution is -0.384. The van der Waals surface area contributed by atoms with E-state index in [1.54, 1.807) is 6.07 Å². The number of nitrogens with one attached hydrogen (secondary N) is 2. The molecule has 0 aromatic heterocycles. The molecule has 0 aliphatic carbocycles. The summed E-state index contributed by atoms with van der Waals surface area (Å²) in [5.74, 6) is -0.174. The van der Waals surface area contributed by atoms with Gasteiger partial charge in [0.25, 0.3) is 5.69 Å². The summed E-state index contributed by atoms with van der Waals surface area (Å²) in [6, 6.07) is 13.4. The van der Waals surface area contributed by atoms with Gasteiger partial charge in [0.15, 0.2) is 0 Å². The molecule has 0 radical (unpaired) electrons. The van der Waals surface area contributed by atoms with Crippen molar-refractivity contribution < 1.29 is 9.72 Å². The second-order valence-electron chi connectivity index (χ2n) is 5.80. The number of nitriles is 1. The van der Waals surface area contributed by atoms with E-state index in [9.17, 15) is 14.9 Å². The molecule has 7 nitrogen and oxygen atoms in total. The Balaban J connectivity index is 2.10. The Morgan fingerprint density at radius 1 is 1.28 bits per heavy atom. The average molecular weight is 338 g/mol. The van der Waals surface area contributed by atoms with E-state index in [0.717, 1.165) is 5.56 Å². The van der Waals surface area contributed by atoms with Gasteiger partial charge in [-0.2, -0.15) is 5.26 Å². The van der Waals surface area contributed by atoms with Crippen molar-refractivity contribution >= 4 is 23.0 Å². The zero-order valence-electron chi connectivity index (χ0n) is 13.9. The molecule has 0 atom stereocenters. The minimum atomic E-state index is -0.536. The van der Waals surface area contributed by atoms with E-state index >= 15 is 0 Å². The van der Waals surface area contributed by atoms with Crippen LogP contribution >= 0.6 is 0 Å². The largest absolute Gasteiger partial charge is 0.380 e. The first kappa shape index (κ1) is 17.9. The third-order valence-electron chi connectivity index (χ3n) is 3.54. The highest BCUT2D eigenvalue weighted by Gasteiger charge is 2.11. The van der Waals surface area contributed by atoms with Crippen molar-refractivity contribution in [1.29, 1.82) is 5.26 Å². The molecule has 0 saturated heterocycles. The molecule has 0 unspecified atom stereocenters. The topological polar surface area (TPSA) is 108 Å². The minimum absolute atomic E-state index is 0.0627. The number of nitrogens with zero attached hydrogens (tertiary/aromatic N) is 2. The number of carbonyl (C=O) groups is 1. The average Bonchev–Trinajstić information content (AvgIpc) is 2.59. The second-order valence-corrected chi connectivity index (χ2v) is 5.80. The summed E-state index contributed by atoms with van der Waals surface area (Å²) in [7, 11) is 0. The van der Waals surface area contributed by atoms with Crippen molar-refractivity contribution in [2.75, 3.05) is 10.6 Å². The Hall–Kier alpha value is -3.40. The number of hydrogen-bond acceptors (Lipinski definition) is 5. The lowest BCUT2D eigenvalue weighted by Gasteiger charge is -2.11. The molecular formula is C18H18N4O3. The quantitative estimate of drug-likeness (QED) is 0.617. The number of hydrogen-bond donors (Lipinski definition) is 2. The van der Waals surface area contributed by atoms with Crippen molar-refractivity contribution in [1.82, 2.24) is 0 Å². The molecule has 0 fully saturated rings. The fourth-order valence-electron chi connectivity index (χ4n) is 2.14. The van der Waals surface area contributed by atoms with Crippen LogP contribution in [0.2, 0.25) is 0 Å². The Labute approximate surface area is 145 Å². The van der Waals surface area contributed by atoms with E-state index in [2.05, 4.69) is 10.6 Å². The van der Waals surface area contributed by atoms with Gasteiger partial charge in [-0.15, -0.1) is 0 Å². The van der Waals surface area contributed by atoms with Crippen LogP contribution < -0.4 is 10.6 Å². The summed E-state index contributed by atoms with van der Waals surface area (Å²) >= 11 is 0. The summed E-state index contributed by atoms with van der Waals surface area (Å²) < 4.78 is 0. The van der Waals surface area contributed by atoms with Gasteiger partial charge in [-0.3, -0.25) is 14.9 Å². The monoisotopic (exact) mass is 338 g/mol. The van der Waals surface area contributed by atoms with Crippen LogP contribution in [0.25, 0.3) is 0 Å². The van der Waals surface area contributed by atoms with Crippen LogP contribution in [0.15, 0.2) is 42.5 Å². The normalized spacial score (nSPS) is 10.2. The third kappa shape index (κ3) is 4.78. The van der Waals surface area contributed by atoms with Gasteiger partial charge in [0.05, 0.1) is 16.2 Å². The Kier molecular flexibility index (Phi) is 5.69. The predicted molar refractivity (Wildman–Crippen MR) is 95.0 cm³/mol. The maximum atomic E-state index is 11.8. The Bertz CT molecular complexity index is 840. The number of nitro groups is 1. The minimum Gasteiger partial charge on any atom is -0.380 e. The number of amides is 1. The van der Waals surface area contributed by atoms with E-state index in [0.29, 0.717) is 17.9 Å². The summed E-state index contributed by atoms with van der Waals surface area (Å²) in [6.45, 7) is 4.05. The second kappa shape index (κ2) is 7.93. The predicted octanol–water partition coefficient (Wildman–Crippen LogP) is 3.67. The third-order valence-corrected chi connectivity index (χ3v) is 3.54. The number of rotatable bonds is 6. The molecular weight excluding hydrogens is 320 g/mol. The lowest BCUT2D eigenvalue weighted by atomic mass is 10.1. The van der Waals surface area contributed by atoms with Gasteiger partial charge in [-0.25, -0.2) is 0 Å². The van der Waals surface area contributed by atoms with Crippen molar-refractivity contribution in [3.8, 4) is 6.07 Å². The molecule has 1 amide bonds. The molecule has 128 valence electrons. The molecule has 0 aliphatic rings. The highest BCUT2D eigenvalue weighted by atomic mass is 16.6. The van der Waals surface area contributed by atoms with Gasteiger partial charge >= 0.3 is 0 Å². The van der Waals surface area contributed by atoms with Crippen LogP contribution in [-0.2, 0) is 11.3 Å². The summed E-state index contributed by atoms with van der Waals surface area (Å²) in [4.78, 5) is 22.0. The van der Waals surface area contributed by atoms with E-state index in [1.807, 2.05) is 38.1 Å². The fraction of sp³-hybridized carbons (Fsp3) is 0.222. The molecule has 0 aliphatic heterocycles. The number of carbonyl (C=O) groups excluding carboxylic acids is 1. The molecule has 2 aromatic carbocycles. The summed E-state index contributed by atoms with van der Waals surface area (Å²) in [6.07, 6.45) is 0. The van der Waals surface area contributed by atoms with Crippen LogP contribution in [-0.4, -0.2) is 10.8 Å². The first-order valence-corrected chi connectivity index (χ1v) is 7.73. The summed E-state index contributed by atoms with van der Waals surface area (Å²) in [5.41, 5.74) is 2.20. The maximum absolute atomic E-state index is 11.8. The molecule has 7 heteroatoms. The number of nitro benzene ring substituents is 1. The van der Waals surface area contributed by atoms with Gasteiger partial charge in [0.2, 0.25) is 5.91 Å². The smallest absolute Gasteiger partial charge is 0.270 e. The molecule has 0 bridgehead atoms. The number of non-ortho nitro benzene ring substituents is 1. The first-order valence-electron chi connectivity index (χ1n) is 7.73. The van der Waals surface area contributed by atoms with Crippen molar-refractivity contribution in [2.45, 2.75) is 20.4 Å². The van der Waals surface area contributed by atoms with Crippen molar-refractivity contribution in [3.63, 3.8) is 0 Å². The fourth-order valence-corrected chi connectivity index (χ4v) is 2.14. The maximum Gasteiger partial charge on any atom is 0.270 e. The van der Waals surface area contributed by atoms with Gasteiger partial charge < -0.3 is 10.6 Å². The zero-order chi connectivity index (χ0) is 18.4. The van der Waals surface area contributed by atoms with Crippen molar-refractivity contribution in [3.05, 3.63) is 63.7 Å². The van der Waals surface area contributed by atoms with E-state index in [-0.39, 0.29) is 23.1 Å². The van der Waals surface area contributed by atoms with Crippen LogP contribution in [0.5, 0.6) is 0 Å². The van der Waals surface area contributed by atoms with Crippen LogP contribution in [0.4, 0.5) is 17.1 Å². The SMILES string of the molecule is CC(C)C(=O)Nc1cccc(CNc2ccc([N+](=O)[O-])cc2C#N)c1. The first-order chi connectivity index (χ1) is 11.9.